The third-order valence-corrected chi connectivity index (χ3v) is 3.77. The van der Waals surface area contributed by atoms with Crippen LogP contribution in [0.4, 0.5) is 5.82 Å². The Hall–Kier alpha value is -2.63. The second-order valence-corrected chi connectivity index (χ2v) is 5.22. The van der Waals surface area contributed by atoms with E-state index in [4.69, 9.17) is 9.47 Å². The lowest BCUT2D eigenvalue weighted by Gasteiger charge is -2.33. The van der Waals surface area contributed by atoms with E-state index in [1.807, 2.05) is 24.3 Å². The van der Waals surface area contributed by atoms with Crippen molar-refractivity contribution in [2.24, 2.45) is 0 Å². The number of benzene rings is 1. The lowest BCUT2D eigenvalue weighted by atomic mass is 10.1. The van der Waals surface area contributed by atoms with Crippen LogP contribution in [0.1, 0.15) is 23.7 Å². The fraction of sp³-hybridized carbons (Fsp3) is 0.353. The molecule has 0 unspecified atom stereocenters. The molecule has 0 spiro atoms. The third kappa shape index (κ3) is 3.11. The minimum absolute atomic E-state index is 0.332. The summed E-state index contributed by atoms with van der Waals surface area (Å²) in [5.41, 5.74) is 1.30. The highest BCUT2D eigenvalue weighted by molar-refractivity contribution is 5.95. The van der Waals surface area contributed by atoms with Crippen molar-refractivity contribution in [2.75, 3.05) is 31.7 Å². The summed E-state index contributed by atoms with van der Waals surface area (Å²) in [6, 6.07) is 7.53. The van der Waals surface area contributed by atoms with Crippen LogP contribution in [0.15, 0.2) is 30.5 Å². The van der Waals surface area contributed by atoms with Gasteiger partial charge in [-0.3, -0.25) is 0 Å². The Bertz CT molecular complexity index is 697. The normalized spacial score (nSPS) is 13.4. The molecule has 6 heteroatoms. The summed E-state index contributed by atoms with van der Waals surface area (Å²) in [6.45, 7) is 3.91. The van der Waals surface area contributed by atoms with E-state index in [1.54, 1.807) is 20.2 Å². The molecule has 120 valence electrons. The van der Waals surface area contributed by atoms with Crippen molar-refractivity contribution in [3.8, 4) is 17.1 Å². The maximum absolute atomic E-state index is 12.1. The number of rotatable bonds is 5. The van der Waals surface area contributed by atoms with Crippen molar-refractivity contribution in [3.63, 3.8) is 0 Å². The molecule has 0 radical (unpaired) electrons. The van der Waals surface area contributed by atoms with Gasteiger partial charge < -0.3 is 14.4 Å². The van der Waals surface area contributed by atoms with Crippen molar-refractivity contribution in [2.45, 2.75) is 13.3 Å². The predicted molar refractivity (Wildman–Crippen MR) is 86.8 cm³/mol. The van der Waals surface area contributed by atoms with Crippen LogP contribution in [0.5, 0.6) is 5.75 Å². The molecule has 1 aromatic heterocycles. The first-order valence-electron chi connectivity index (χ1n) is 7.66. The zero-order chi connectivity index (χ0) is 16.2. The summed E-state index contributed by atoms with van der Waals surface area (Å²) in [5.74, 6) is 1.63. The molecule has 0 bridgehead atoms. The largest absolute Gasteiger partial charge is 0.497 e. The molecule has 0 saturated carbocycles. The number of nitrogens with zero attached hydrogens (tertiary/aromatic N) is 3. The van der Waals surface area contributed by atoms with Crippen LogP contribution in [0.2, 0.25) is 0 Å². The summed E-state index contributed by atoms with van der Waals surface area (Å²) in [6.07, 6.45) is 2.66. The van der Waals surface area contributed by atoms with Gasteiger partial charge in [-0.05, 0) is 37.6 Å². The lowest BCUT2D eigenvalue weighted by Crippen LogP contribution is -2.39. The van der Waals surface area contributed by atoms with E-state index in [1.165, 1.54) is 0 Å². The van der Waals surface area contributed by atoms with Gasteiger partial charge in [-0.15, -0.1) is 0 Å². The minimum atomic E-state index is -0.379. The van der Waals surface area contributed by atoms with Crippen LogP contribution in [0, 0.1) is 0 Å². The number of anilines is 1. The number of carbonyl (C=O) groups is 1. The highest BCUT2D eigenvalue weighted by atomic mass is 16.5. The van der Waals surface area contributed by atoms with E-state index in [-0.39, 0.29) is 5.97 Å². The fourth-order valence-electron chi connectivity index (χ4n) is 2.37. The first-order valence-corrected chi connectivity index (χ1v) is 7.66. The maximum Gasteiger partial charge on any atom is 0.343 e. The summed E-state index contributed by atoms with van der Waals surface area (Å²) < 4.78 is 10.3. The molecule has 0 aliphatic carbocycles. The molecule has 2 aromatic rings. The van der Waals surface area contributed by atoms with Gasteiger partial charge in [0.25, 0.3) is 0 Å². The Kier molecular flexibility index (Phi) is 4.41. The second kappa shape index (κ2) is 6.64. The minimum Gasteiger partial charge on any atom is -0.497 e. The third-order valence-electron chi connectivity index (χ3n) is 3.77. The molecule has 1 aliphatic rings. The molecule has 0 amide bonds. The number of aromatic nitrogens is 2. The highest BCUT2D eigenvalue weighted by Crippen LogP contribution is 2.27. The van der Waals surface area contributed by atoms with Crippen LogP contribution in [-0.4, -0.2) is 42.7 Å². The van der Waals surface area contributed by atoms with Crippen molar-refractivity contribution < 1.29 is 14.3 Å². The zero-order valence-corrected chi connectivity index (χ0v) is 13.3. The topological polar surface area (TPSA) is 64.5 Å². The Morgan fingerprint density at radius 1 is 1.26 bits per heavy atom. The summed E-state index contributed by atoms with van der Waals surface area (Å²) in [4.78, 5) is 23.1. The fourth-order valence-corrected chi connectivity index (χ4v) is 2.37. The summed E-state index contributed by atoms with van der Waals surface area (Å²) in [5, 5.41) is 0. The van der Waals surface area contributed by atoms with Gasteiger partial charge in [-0.1, -0.05) is 0 Å². The van der Waals surface area contributed by atoms with Crippen LogP contribution in [-0.2, 0) is 4.74 Å². The van der Waals surface area contributed by atoms with Gasteiger partial charge >= 0.3 is 5.97 Å². The number of hydrogen-bond acceptors (Lipinski definition) is 6. The van der Waals surface area contributed by atoms with Gasteiger partial charge in [-0.2, -0.15) is 0 Å². The van der Waals surface area contributed by atoms with Crippen molar-refractivity contribution in [1.82, 2.24) is 9.97 Å². The number of carbonyl (C=O) groups excluding carboxylic acids is 1. The Morgan fingerprint density at radius 2 is 2.00 bits per heavy atom. The SMILES string of the molecule is CCOC(=O)c1cnc(-c2ccc(OC)cc2)nc1N1CCC1. The Morgan fingerprint density at radius 3 is 2.57 bits per heavy atom. The molecule has 1 saturated heterocycles. The van der Waals surface area contributed by atoms with E-state index < -0.39 is 0 Å². The Balaban J connectivity index is 1.97. The molecule has 1 fully saturated rings. The standard InChI is InChI=1S/C17H19N3O3/c1-3-23-17(21)14-11-18-15(19-16(14)20-9-4-10-20)12-5-7-13(22-2)8-6-12/h5-8,11H,3-4,9-10H2,1-2H3. The number of ether oxygens (including phenoxy) is 2. The molecule has 1 aromatic carbocycles. The molecule has 0 atom stereocenters. The Labute approximate surface area is 135 Å². The van der Waals surface area contributed by atoms with Crippen LogP contribution < -0.4 is 9.64 Å². The smallest absolute Gasteiger partial charge is 0.343 e. The maximum atomic E-state index is 12.1. The predicted octanol–water partition coefficient (Wildman–Crippen LogP) is 2.54. The quantitative estimate of drug-likeness (QED) is 0.790. The summed E-state index contributed by atoms with van der Waals surface area (Å²) >= 11 is 0. The van der Waals surface area contributed by atoms with E-state index >= 15 is 0 Å². The second-order valence-electron chi connectivity index (χ2n) is 5.22. The van der Waals surface area contributed by atoms with E-state index in [9.17, 15) is 4.79 Å². The average molecular weight is 313 g/mol. The van der Waals surface area contributed by atoms with Crippen molar-refractivity contribution >= 4 is 11.8 Å². The van der Waals surface area contributed by atoms with Gasteiger partial charge in [0, 0.05) is 24.8 Å². The molecule has 1 aliphatic heterocycles. The highest BCUT2D eigenvalue weighted by Gasteiger charge is 2.24. The monoisotopic (exact) mass is 313 g/mol. The number of hydrogen-bond donors (Lipinski definition) is 0. The van der Waals surface area contributed by atoms with Gasteiger partial charge in [-0.25, -0.2) is 14.8 Å². The first-order chi connectivity index (χ1) is 11.2. The van der Waals surface area contributed by atoms with Gasteiger partial charge in [0.05, 0.1) is 13.7 Å². The zero-order valence-electron chi connectivity index (χ0n) is 13.3. The average Bonchev–Trinajstić information content (AvgIpc) is 2.53. The molecular weight excluding hydrogens is 294 g/mol. The van der Waals surface area contributed by atoms with E-state index in [0.29, 0.717) is 23.8 Å². The molecule has 3 rings (SSSR count). The molecule has 0 N–H and O–H groups in total. The van der Waals surface area contributed by atoms with E-state index in [0.717, 1.165) is 30.8 Å². The van der Waals surface area contributed by atoms with E-state index in [2.05, 4.69) is 14.9 Å². The van der Waals surface area contributed by atoms with Crippen LogP contribution in [0.3, 0.4) is 0 Å². The van der Waals surface area contributed by atoms with Crippen LogP contribution in [0.25, 0.3) is 11.4 Å². The molecule has 6 nitrogen and oxygen atoms in total. The first kappa shape index (κ1) is 15.3. The number of esters is 1. The van der Waals surface area contributed by atoms with Gasteiger partial charge in [0.2, 0.25) is 0 Å². The summed E-state index contributed by atoms with van der Waals surface area (Å²) in [7, 11) is 1.63. The molecular formula is C17H19N3O3. The molecule has 2 heterocycles. The van der Waals surface area contributed by atoms with Crippen LogP contribution >= 0.6 is 0 Å². The molecule has 23 heavy (non-hydrogen) atoms. The number of methoxy groups -OCH3 is 1. The van der Waals surface area contributed by atoms with Crippen molar-refractivity contribution in [1.29, 1.82) is 0 Å². The lowest BCUT2D eigenvalue weighted by molar-refractivity contribution is 0.0526. The van der Waals surface area contributed by atoms with Gasteiger partial charge in [0.1, 0.15) is 17.1 Å². The van der Waals surface area contributed by atoms with Gasteiger partial charge in [0.15, 0.2) is 5.82 Å². The van der Waals surface area contributed by atoms with Crippen molar-refractivity contribution in [3.05, 3.63) is 36.0 Å².